The Balaban J connectivity index is 1.63. The molecule has 152 valence electrons. The SMILES string of the molecule is C=N/C(C)=C\N(C)c1nccc2[nH]c(-c3n[nH]c4ncc(-c5ccccn5)cc34)cc12. The summed E-state index contributed by atoms with van der Waals surface area (Å²) in [5.74, 6) is 0.815. The average molecular weight is 408 g/mol. The minimum absolute atomic E-state index is 0.722. The molecule has 0 atom stereocenters. The van der Waals surface area contributed by atoms with Crippen LogP contribution in [0.5, 0.6) is 0 Å². The van der Waals surface area contributed by atoms with E-state index in [-0.39, 0.29) is 0 Å². The van der Waals surface area contributed by atoms with Crippen LogP contribution in [0.15, 0.2) is 71.9 Å². The molecule has 0 saturated heterocycles. The van der Waals surface area contributed by atoms with Gasteiger partial charge in [-0.05, 0) is 44.0 Å². The van der Waals surface area contributed by atoms with Crippen LogP contribution in [0.2, 0.25) is 0 Å². The van der Waals surface area contributed by atoms with Gasteiger partial charge in [0.25, 0.3) is 0 Å². The van der Waals surface area contributed by atoms with Gasteiger partial charge < -0.3 is 9.88 Å². The third-order valence-electron chi connectivity index (χ3n) is 5.12. The number of pyridine rings is 3. The molecule has 0 aromatic carbocycles. The highest BCUT2D eigenvalue weighted by Gasteiger charge is 2.16. The van der Waals surface area contributed by atoms with Crippen LogP contribution in [0.4, 0.5) is 5.82 Å². The van der Waals surface area contributed by atoms with Crippen molar-refractivity contribution in [3.8, 4) is 22.6 Å². The Morgan fingerprint density at radius 3 is 2.81 bits per heavy atom. The predicted molar refractivity (Wildman–Crippen MR) is 124 cm³/mol. The number of allylic oxidation sites excluding steroid dienone is 1. The molecule has 0 aliphatic rings. The third kappa shape index (κ3) is 3.33. The molecular formula is C23H20N8. The summed E-state index contributed by atoms with van der Waals surface area (Å²) >= 11 is 0. The molecular weight excluding hydrogens is 388 g/mol. The molecule has 0 bridgehead atoms. The smallest absolute Gasteiger partial charge is 0.155 e. The van der Waals surface area contributed by atoms with Crippen molar-refractivity contribution >= 4 is 34.5 Å². The summed E-state index contributed by atoms with van der Waals surface area (Å²) in [5.41, 5.74) is 5.98. The third-order valence-corrected chi connectivity index (χ3v) is 5.12. The van der Waals surface area contributed by atoms with Gasteiger partial charge in [-0.1, -0.05) is 6.07 Å². The number of nitrogens with zero attached hydrogens (tertiary/aromatic N) is 6. The van der Waals surface area contributed by atoms with E-state index in [0.717, 1.165) is 56.1 Å². The van der Waals surface area contributed by atoms with Gasteiger partial charge in [0.05, 0.1) is 22.6 Å². The maximum atomic E-state index is 4.56. The van der Waals surface area contributed by atoms with E-state index in [2.05, 4.69) is 54.0 Å². The first kappa shape index (κ1) is 18.7. The van der Waals surface area contributed by atoms with E-state index in [4.69, 9.17) is 0 Å². The van der Waals surface area contributed by atoms with Crippen LogP contribution >= 0.6 is 0 Å². The standard InChI is InChI=1S/C23H20N8/c1-14(24-2)13-31(3)23-16-11-20(28-19(16)7-9-26-23)21-17-10-15(12-27-22(17)30-29-21)18-6-4-5-8-25-18/h4-13,28H,2H2,1,3H3,(H,27,29,30)/b14-13-. The number of fused-ring (bicyclic) bond motifs is 2. The number of hydrogen-bond donors (Lipinski definition) is 2. The maximum absolute atomic E-state index is 4.56. The number of aliphatic imine (C=N–C) groups is 1. The Hall–Kier alpha value is -4.33. The molecule has 0 saturated carbocycles. The number of H-pyrrole nitrogens is 2. The fraction of sp³-hybridized carbons (Fsp3) is 0.0870. The monoisotopic (exact) mass is 408 g/mol. The lowest BCUT2D eigenvalue weighted by Crippen LogP contribution is -2.10. The number of anilines is 1. The number of aromatic nitrogens is 6. The lowest BCUT2D eigenvalue weighted by atomic mass is 10.1. The summed E-state index contributed by atoms with van der Waals surface area (Å²) in [7, 11) is 1.94. The number of nitrogens with one attached hydrogen (secondary N) is 2. The van der Waals surface area contributed by atoms with E-state index in [1.807, 2.05) is 49.3 Å². The summed E-state index contributed by atoms with van der Waals surface area (Å²) in [6.45, 7) is 5.47. The van der Waals surface area contributed by atoms with E-state index < -0.39 is 0 Å². The van der Waals surface area contributed by atoms with Crippen molar-refractivity contribution in [2.24, 2.45) is 4.99 Å². The highest BCUT2D eigenvalue weighted by atomic mass is 15.2. The summed E-state index contributed by atoms with van der Waals surface area (Å²) in [6.07, 6.45) is 7.25. The van der Waals surface area contributed by atoms with Crippen molar-refractivity contribution in [1.29, 1.82) is 0 Å². The van der Waals surface area contributed by atoms with Crippen LogP contribution in [-0.4, -0.2) is 43.9 Å². The van der Waals surface area contributed by atoms with Crippen LogP contribution in [-0.2, 0) is 0 Å². The molecule has 0 amide bonds. The summed E-state index contributed by atoms with van der Waals surface area (Å²) < 4.78 is 0. The number of rotatable bonds is 5. The molecule has 0 spiro atoms. The van der Waals surface area contributed by atoms with Crippen LogP contribution in [0.1, 0.15) is 6.92 Å². The predicted octanol–water partition coefficient (Wildman–Crippen LogP) is 4.56. The Morgan fingerprint density at radius 2 is 2.00 bits per heavy atom. The van der Waals surface area contributed by atoms with Gasteiger partial charge in [-0.15, -0.1) is 0 Å². The summed E-state index contributed by atoms with van der Waals surface area (Å²) in [6, 6.07) is 11.9. The molecule has 8 heteroatoms. The van der Waals surface area contributed by atoms with Gasteiger partial charge in [-0.25, -0.2) is 9.97 Å². The van der Waals surface area contributed by atoms with Gasteiger partial charge >= 0.3 is 0 Å². The van der Waals surface area contributed by atoms with Gasteiger partial charge in [0.2, 0.25) is 0 Å². The van der Waals surface area contributed by atoms with Crippen LogP contribution in [0.25, 0.3) is 44.6 Å². The van der Waals surface area contributed by atoms with Crippen molar-refractivity contribution in [3.05, 3.63) is 66.9 Å². The van der Waals surface area contributed by atoms with Gasteiger partial charge in [0.1, 0.15) is 11.5 Å². The molecule has 2 N–H and O–H groups in total. The fourth-order valence-corrected chi connectivity index (χ4v) is 3.61. The molecule has 0 aliphatic carbocycles. The van der Waals surface area contributed by atoms with E-state index >= 15 is 0 Å². The zero-order valence-corrected chi connectivity index (χ0v) is 17.2. The van der Waals surface area contributed by atoms with Crippen LogP contribution < -0.4 is 4.90 Å². The molecule has 31 heavy (non-hydrogen) atoms. The first-order valence-electron chi connectivity index (χ1n) is 9.75. The topological polar surface area (TPSA) is 98.7 Å². The minimum Gasteiger partial charge on any atom is -0.353 e. The molecule has 8 nitrogen and oxygen atoms in total. The second-order valence-corrected chi connectivity index (χ2v) is 7.23. The summed E-state index contributed by atoms with van der Waals surface area (Å²) in [4.78, 5) is 22.9. The van der Waals surface area contributed by atoms with Gasteiger partial charge in [-0.2, -0.15) is 5.10 Å². The van der Waals surface area contributed by atoms with Crippen molar-refractivity contribution in [2.75, 3.05) is 11.9 Å². The molecule has 0 fully saturated rings. The van der Waals surface area contributed by atoms with Crippen molar-refractivity contribution in [1.82, 2.24) is 30.1 Å². The lowest BCUT2D eigenvalue weighted by molar-refractivity contribution is 1.10. The summed E-state index contributed by atoms with van der Waals surface area (Å²) in [5, 5.41) is 9.45. The quantitative estimate of drug-likeness (QED) is 0.415. The highest BCUT2D eigenvalue weighted by Crippen LogP contribution is 2.33. The van der Waals surface area contributed by atoms with Crippen LogP contribution in [0.3, 0.4) is 0 Å². The molecule has 5 aromatic rings. The number of hydrogen-bond acceptors (Lipinski definition) is 6. The normalized spacial score (nSPS) is 11.9. The number of aromatic amines is 2. The molecule has 5 rings (SSSR count). The zero-order valence-electron chi connectivity index (χ0n) is 17.2. The van der Waals surface area contributed by atoms with E-state index in [1.54, 1.807) is 18.6 Å². The second-order valence-electron chi connectivity index (χ2n) is 7.23. The highest BCUT2D eigenvalue weighted by molar-refractivity contribution is 5.99. The van der Waals surface area contributed by atoms with E-state index in [1.165, 1.54) is 0 Å². The molecule has 0 aliphatic heterocycles. The Kier molecular flexibility index (Phi) is 4.51. The first-order valence-corrected chi connectivity index (χ1v) is 9.75. The fourth-order valence-electron chi connectivity index (χ4n) is 3.61. The largest absolute Gasteiger partial charge is 0.353 e. The molecule has 5 heterocycles. The van der Waals surface area contributed by atoms with Gasteiger partial charge in [-0.3, -0.25) is 15.1 Å². The molecule has 5 aromatic heterocycles. The zero-order chi connectivity index (χ0) is 21.4. The Labute approximate surface area is 178 Å². The van der Waals surface area contributed by atoms with E-state index in [9.17, 15) is 0 Å². The lowest BCUT2D eigenvalue weighted by Gasteiger charge is -2.14. The van der Waals surface area contributed by atoms with Crippen molar-refractivity contribution in [3.63, 3.8) is 0 Å². The molecule has 0 unspecified atom stereocenters. The van der Waals surface area contributed by atoms with Crippen molar-refractivity contribution in [2.45, 2.75) is 6.92 Å². The minimum atomic E-state index is 0.722. The van der Waals surface area contributed by atoms with E-state index in [0.29, 0.717) is 0 Å². The molecule has 0 radical (unpaired) electrons. The first-order chi connectivity index (χ1) is 15.1. The second kappa shape index (κ2) is 7.49. The average Bonchev–Trinajstić information content (AvgIpc) is 3.42. The maximum Gasteiger partial charge on any atom is 0.155 e. The van der Waals surface area contributed by atoms with Gasteiger partial charge in [0, 0.05) is 48.2 Å². The van der Waals surface area contributed by atoms with Gasteiger partial charge in [0.15, 0.2) is 5.65 Å². The Morgan fingerprint density at radius 1 is 1.10 bits per heavy atom. The van der Waals surface area contributed by atoms with Crippen LogP contribution in [0, 0.1) is 0 Å². The Bertz CT molecular complexity index is 1430. The van der Waals surface area contributed by atoms with Crippen molar-refractivity contribution < 1.29 is 0 Å².